The first-order valence-corrected chi connectivity index (χ1v) is 6.38. The lowest BCUT2D eigenvalue weighted by atomic mass is 10.2. The molecule has 0 amide bonds. The molecule has 0 saturated carbocycles. The molecule has 0 spiro atoms. The minimum Gasteiger partial charge on any atom is -0.378 e. The number of hydrogen-bond donors (Lipinski definition) is 1. The first kappa shape index (κ1) is 14.4. The van der Waals surface area contributed by atoms with Crippen molar-refractivity contribution in [3.8, 4) is 0 Å². The zero-order valence-electron chi connectivity index (χ0n) is 10.1. The lowest BCUT2D eigenvalue weighted by Crippen LogP contribution is -2.02. The smallest absolute Gasteiger partial charge is 0.271 e. The molecule has 0 radical (unpaired) electrons. The number of rotatable bonds is 4. The molecule has 0 aliphatic heterocycles. The maximum atomic E-state index is 13.5. The maximum Gasteiger partial charge on any atom is 0.271 e. The van der Waals surface area contributed by atoms with Gasteiger partial charge in [-0.25, -0.2) is 8.78 Å². The van der Waals surface area contributed by atoms with Crippen molar-refractivity contribution >= 4 is 27.3 Å². The van der Waals surface area contributed by atoms with Gasteiger partial charge in [-0.05, 0) is 39.7 Å². The summed E-state index contributed by atoms with van der Waals surface area (Å²) in [6.07, 6.45) is 0. The summed E-state index contributed by atoms with van der Waals surface area (Å²) in [5.74, 6) is -1.03. The molecule has 4 nitrogen and oxygen atoms in total. The van der Waals surface area contributed by atoms with E-state index in [0.717, 1.165) is 18.2 Å². The van der Waals surface area contributed by atoms with Gasteiger partial charge in [0, 0.05) is 18.7 Å². The predicted octanol–water partition coefficient (Wildman–Crippen LogP) is 4.25. The van der Waals surface area contributed by atoms with Gasteiger partial charge < -0.3 is 5.32 Å². The van der Waals surface area contributed by atoms with Crippen LogP contribution >= 0.6 is 15.9 Å². The molecule has 0 fully saturated rings. The monoisotopic (exact) mass is 342 g/mol. The minimum absolute atomic E-state index is 0.00234. The highest BCUT2D eigenvalue weighted by atomic mass is 79.9. The standard InChI is InChI=1S/C13H9BrF2N2O2/c14-10-3-1-8(5-12(10)16)7-17-13-6-9(18(19)20)2-4-11(13)15/h1-6,17H,7H2. The van der Waals surface area contributed by atoms with E-state index in [1.54, 1.807) is 6.07 Å². The van der Waals surface area contributed by atoms with Crippen molar-refractivity contribution in [2.75, 3.05) is 5.32 Å². The van der Waals surface area contributed by atoms with Gasteiger partial charge in [0.15, 0.2) is 0 Å². The maximum absolute atomic E-state index is 13.5. The number of halogens is 3. The summed E-state index contributed by atoms with van der Waals surface area (Å²) in [5.41, 5.74) is 0.384. The van der Waals surface area contributed by atoms with Crippen LogP contribution in [0, 0.1) is 21.7 Å². The van der Waals surface area contributed by atoms with Crippen LogP contribution in [0.15, 0.2) is 40.9 Å². The molecule has 2 aromatic carbocycles. The number of nitro benzene ring substituents is 1. The van der Waals surface area contributed by atoms with Crippen molar-refractivity contribution in [2.45, 2.75) is 6.54 Å². The molecule has 0 aliphatic rings. The molecule has 2 rings (SSSR count). The highest BCUT2D eigenvalue weighted by Gasteiger charge is 2.10. The van der Waals surface area contributed by atoms with Crippen molar-refractivity contribution in [1.82, 2.24) is 0 Å². The first-order chi connectivity index (χ1) is 9.47. The fraction of sp³-hybridized carbons (Fsp3) is 0.0769. The summed E-state index contributed by atoms with van der Waals surface area (Å²) >= 11 is 3.03. The normalized spacial score (nSPS) is 10.3. The van der Waals surface area contributed by atoms with Crippen molar-refractivity contribution < 1.29 is 13.7 Å². The number of benzene rings is 2. The first-order valence-electron chi connectivity index (χ1n) is 5.59. The summed E-state index contributed by atoms with van der Waals surface area (Å²) in [5, 5.41) is 13.3. The molecular weight excluding hydrogens is 334 g/mol. The SMILES string of the molecule is O=[N+]([O-])c1ccc(F)c(NCc2ccc(Br)c(F)c2)c1. The molecule has 7 heteroatoms. The largest absolute Gasteiger partial charge is 0.378 e. The Morgan fingerprint density at radius 2 is 1.90 bits per heavy atom. The van der Waals surface area contributed by atoms with E-state index in [9.17, 15) is 18.9 Å². The molecule has 0 aromatic heterocycles. The summed E-state index contributed by atoms with van der Waals surface area (Å²) in [7, 11) is 0. The molecule has 20 heavy (non-hydrogen) atoms. The fourth-order valence-electron chi connectivity index (χ4n) is 1.61. The lowest BCUT2D eigenvalue weighted by molar-refractivity contribution is -0.384. The van der Waals surface area contributed by atoms with Gasteiger partial charge >= 0.3 is 0 Å². The van der Waals surface area contributed by atoms with E-state index in [0.29, 0.717) is 10.0 Å². The van der Waals surface area contributed by atoms with E-state index >= 15 is 0 Å². The molecule has 1 N–H and O–H groups in total. The van der Waals surface area contributed by atoms with Crippen LogP contribution in [0.3, 0.4) is 0 Å². The zero-order chi connectivity index (χ0) is 14.7. The highest BCUT2D eigenvalue weighted by molar-refractivity contribution is 9.10. The fourth-order valence-corrected chi connectivity index (χ4v) is 1.86. The lowest BCUT2D eigenvalue weighted by Gasteiger charge is -2.08. The van der Waals surface area contributed by atoms with Crippen LogP contribution in [0.2, 0.25) is 0 Å². The molecule has 104 valence electrons. The quantitative estimate of drug-likeness (QED) is 0.667. The van der Waals surface area contributed by atoms with Crippen LogP contribution in [0.4, 0.5) is 20.2 Å². The van der Waals surface area contributed by atoms with Crippen LogP contribution in [0.25, 0.3) is 0 Å². The Labute approximate surface area is 121 Å². The Bertz CT molecular complexity index is 665. The second kappa shape index (κ2) is 5.96. The number of nitrogens with zero attached hydrogens (tertiary/aromatic N) is 1. The Kier molecular flexibility index (Phi) is 4.29. The van der Waals surface area contributed by atoms with Gasteiger partial charge in [-0.3, -0.25) is 10.1 Å². The summed E-state index contributed by atoms with van der Waals surface area (Å²) in [6, 6.07) is 7.70. The Morgan fingerprint density at radius 3 is 2.55 bits per heavy atom. The van der Waals surface area contributed by atoms with E-state index < -0.39 is 16.6 Å². The average molecular weight is 343 g/mol. The predicted molar refractivity (Wildman–Crippen MR) is 74.5 cm³/mol. The summed E-state index contributed by atoms with van der Waals surface area (Å²) in [4.78, 5) is 10.0. The second-order valence-electron chi connectivity index (χ2n) is 4.02. The van der Waals surface area contributed by atoms with E-state index in [4.69, 9.17) is 0 Å². The molecule has 0 heterocycles. The number of hydrogen-bond acceptors (Lipinski definition) is 3. The number of nitrogens with one attached hydrogen (secondary N) is 1. The Hall–Kier alpha value is -2.02. The molecular formula is C13H9BrF2N2O2. The van der Waals surface area contributed by atoms with Crippen molar-refractivity contribution in [3.05, 3.63) is 68.2 Å². The summed E-state index contributed by atoms with van der Waals surface area (Å²) < 4.78 is 27.2. The topological polar surface area (TPSA) is 55.2 Å². The molecule has 0 bridgehead atoms. The molecule has 0 unspecified atom stereocenters. The van der Waals surface area contributed by atoms with Crippen molar-refractivity contribution in [1.29, 1.82) is 0 Å². The third-order valence-corrected chi connectivity index (χ3v) is 3.27. The second-order valence-corrected chi connectivity index (χ2v) is 4.88. The van der Waals surface area contributed by atoms with Crippen LogP contribution in [0.5, 0.6) is 0 Å². The van der Waals surface area contributed by atoms with Crippen LogP contribution < -0.4 is 5.32 Å². The van der Waals surface area contributed by atoms with Gasteiger partial charge in [-0.15, -0.1) is 0 Å². The molecule has 0 saturated heterocycles. The van der Waals surface area contributed by atoms with Crippen LogP contribution in [-0.4, -0.2) is 4.92 Å². The van der Waals surface area contributed by atoms with Gasteiger partial charge in [0.05, 0.1) is 15.1 Å². The third-order valence-electron chi connectivity index (χ3n) is 2.63. The molecule has 2 aromatic rings. The Balaban J connectivity index is 2.15. The van der Waals surface area contributed by atoms with Crippen LogP contribution in [-0.2, 0) is 6.54 Å². The number of non-ortho nitro benzene ring substituents is 1. The zero-order valence-corrected chi connectivity index (χ0v) is 11.7. The van der Waals surface area contributed by atoms with Gasteiger partial charge in [0.25, 0.3) is 5.69 Å². The van der Waals surface area contributed by atoms with Gasteiger partial charge in [0.2, 0.25) is 0 Å². The van der Waals surface area contributed by atoms with E-state index in [-0.39, 0.29) is 17.9 Å². The van der Waals surface area contributed by atoms with E-state index in [2.05, 4.69) is 21.2 Å². The average Bonchev–Trinajstić information content (AvgIpc) is 2.41. The van der Waals surface area contributed by atoms with Crippen LogP contribution in [0.1, 0.15) is 5.56 Å². The molecule has 0 aliphatic carbocycles. The number of nitro groups is 1. The highest BCUT2D eigenvalue weighted by Crippen LogP contribution is 2.22. The third kappa shape index (κ3) is 3.30. The van der Waals surface area contributed by atoms with Crippen molar-refractivity contribution in [2.24, 2.45) is 0 Å². The van der Waals surface area contributed by atoms with Gasteiger partial charge in [-0.2, -0.15) is 0 Å². The van der Waals surface area contributed by atoms with Gasteiger partial charge in [0.1, 0.15) is 11.6 Å². The Morgan fingerprint density at radius 1 is 1.15 bits per heavy atom. The van der Waals surface area contributed by atoms with E-state index in [1.165, 1.54) is 12.1 Å². The van der Waals surface area contributed by atoms with Crippen molar-refractivity contribution in [3.63, 3.8) is 0 Å². The minimum atomic E-state index is -0.607. The molecule has 0 atom stereocenters. The van der Waals surface area contributed by atoms with E-state index in [1.807, 2.05) is 0 Å². The summed E-state index contributed by atoms with van der Waals surface area (Å²) in [6.45, 7) is 0.155. The van der Waals surface area contributed by atoms with Gasteiger partial charge in [-0.1, -0.05) is 6.07 Å². The number of anilines is 1.